The number of aliphatic hydroxyl groups excluding tert-OH is 1. The molecule has 0 fully saturated rings. The molecule has 0 rings (SSSR count). The van der Waals surface area contributed by atoms with Crippen molar-refractivity contribution in [2.24, 2.45) is 5.92 Å². The summed E-state index contributed by atoms with van der Waals surface area (Å²) in [4.78, 5) is 0. The van der Waals surface area contributed by atoms with Crippen LogP contribution in [0.15, 0.2) is 12.7 Å². The lowest BCUT2D eigenvalue weighted by atomic mass is 10.00. The lowest BCUT2D eigenvalue weighted by Crippen LogP contribution is -2.03. The Morgan fingerprint density at radius 3 is 2.70 bits per heavy atom. The maximum Gasteiger partial charge on any atom is 0.0462 e. The molecule has 60 valence electrons. The Morgan fingerprint density at radius 2 is 2.30 bits per heavy atom. The minimum atomic E-state index is 0.312. The monoisotopic (exact) mass is 142 g/mol. The van der Waals surface area contributed by atoms with E-state index in [2.05, 4.69) is 13.5 Å². The van der Waals surface area contributed by atoms with Crippen molar-refractivity contribution in [3.05, 3.63) is 12.7 Å². The maximum absolute atomic E-state index is 8.84. The van der Waals surface area contributed by atoms with Gasteiger partial charge in [0, 0.05) is 6.61 Å². The molecule has 0 spiro atoms. The van der Waals surface area contributed by atoms with Gasteiger partial charge in [0.25, 0.3) is 0 Å². The van der Waals surface area contributed by atoms with Crippen molar-refractivity contribution in [2.45, 2.75) is 32.6 Å². The number of aliphatic hydroxyl groups is 1. The van der Waals surface area contributed by atoms with Gasteiger partial charge in [-0.25, -0.2) is 0 Å². The van der Waals surface area contributed by atoms with Crippen LogP contribution in [-0.4, -0.2) is 11.7 Å². The third-order valence-electron chi connectivity index (χ3n) is 1.72. The van der Waals surface area contributed by atoms with Gasteiger partial charge in [-0.1, -0.05) is 25.8 Å². The molecule has 1 nitrogen and oxygen atoms in total. The summed E-state index contributed by atoms with van der Waals surface area (Å²) in [6, 6.07) is 0. The number of allylic oxidation sites excluding steroid dienone is 1. The molecule has 0 bridgehead atoms. The van der Waals surface area contributed by atoms with E-state index in [1.54, 1.807) is 0 Å². The third-order valence-corrected chi connectivity index (χ3v) is 1.72. The average Bonchev–Trinajstić information content (AvgIpc) is 1.98. The van der Waals surface area contributed by atoms with Gasteiger partial charge in [0.05, 0.1) is 0 Å². The van der Waals surface area contributed by atoms with Gasteiger partial charge in [-0.15, -0.1) is 6.58 Å². The molecule has 0 aliphatic carbocycles. The van der Waals surface area contributed by atoms with E-state index < -0.39 is 0 Å². The van der Waals surface area contributed by atoms with Crippen LogP contribution in [0.2, 0.25) is 0 Å². The van der Waals surface area contributed by atoms with Crippen molar-refractivity contribution in [3.8, 4) is 0 Å². The summed E-state index contributed by atoms with van der Waals surface area (Å²) in [5.74, 6) is 0.456. The highest BCUT2D eigenvalue weighted by Gasteiger charge is 2.02. The summed E-state index contributed by atoms with van der Waals surface area (Å²) in [5, 5.41) is 8.84. The summed E-state index contributed by atoms with van der Waals surface area (Å²) in [6.45, 7) is 6.13. The fraction of sp³-hybridized carbons (Fsp3) is 0.778. The SMILES string of the molecule is C=CC[C@H](CO)CCCC. The van der Waals surface area contributed by atoms with Crippen molar-refractivity contribution in [3.63, 3.8) is 0 Å². The summed E-state index contributed by atoms with van der Waals surface area (Å²) in [6.07, 6.45) is 6.42. The molecule has 0 amide bonds. The second kappa shape index (κ2) is 6.81. The molecule has 1 heteroatoms. The number of hydrogen-bond acceptors (Lipinski definition) is 1. The Kier molecular flexibility index (Phi) is 6.61. The summed E-state index contributed by atoms with van der Waals surface area (Å²) < 4.78 is 0. The Balaban J connectivity index is 3.29. The molecule has 0 aromatic rings. The zero-order chi connectivity index (χ0) is 7.82. The average molecular weight is 142 g/mol. The van der Waals surface area contributed by atoms with Crippen LogP contribution >= 0.6 is 0 Å². The zero-order valence-corrected chi connectivity index (χ0v) is 6.84. The molecular formula is C9H18O. The van der Waals surface area contributed by atoms with Crippen molar-refractivity contribution in [1.29, 1.82) is 0 Å². The largest absolute Gasteiger partial charge is 0.396 e. The Bertz CT molecular complexity index is 78.8. The van der Waals surface area contributed by atoms with Crippen molar-refractivity contribution < 1.29 is 5.11 Å². The Labute approximate surface area is 63.8 Å². The van der Waals surface area contributed by atoms with E-state index in [0.717, 1.165) is 12.8 Å². The smallest absolute Gasteiger partial charge is 0.0462 e. The van der Waals surface area contributed by atoms with Crippen LogP contribution in [0.5, 0.6) is 0 Å². The number of rotatable bonds is 6. The van der Waals surface area contributed by atoms with Crippen molar-refractivity contribution in [2.75, 3.05) is 6.61 Å². The predicted octanol–water partition coefficient (Wildman–Crippen LogP) is 2.36. The summed E-state index contributed by atoms with van der Waals surface area (Å²) in [5.41, 5.74) is 0. The molecule has 0 aromatic carbocycles. The van der Waals surface area contributed by atoms with Crippen LogP contribution in [0.4, 0.5) is 0 Å². The minimum Gasteiger partial charge on any atom is -0.396 e. The van der Waals surface area contributed by atoms with Crippen LogP contribution in [0.3, 0.4) is 0 Å². The van der Waals surface area contributed by atoms with Crippen LogP contribution in [0, 0.1) is 5.92 Å². The first kappa shape index (κ1) is 9.70. The molecule has 1 atom stereocenters. The van der Waals surface area contributed by atoms with Crippen LogP contribution in [-0.2, 0) is 0 Å². The summed E-state index contributed by atoms with van der Waals surface area (Å²) in [7, 11) is 0. The minimum absolute atomic E-state index is 0.312. The van der Waals surface area contributed by atoms with E-state index in [4.69, 9.17) is 5.11 Å². The van der Waals surface area contributed by atoms with Crippen LogP contribution in [0.25, 0.3) is 0 Å². The van der Waals surface area contributed by atoms with Gasteiger partial charge in [-0.2, -0.15) is 0 Å². The molecule has 0 unspecified atom stereocenters. The highest BCUT2D eigenvalue weighted by atomic mass is 16.3. The first-order valence-corrected chi connectivity index (χ1v) is 4.06. The van der Waals surface area contributed by atoms with Gasteiger partial charge in [0.2, 0.25) is 0 Å². The predicted molar refractivity (Wildman–Crippen MR) is 44.9 cm³/mol. The first-order valence-electron chi connectivity index (χ1n) is 4.06. The van der Waals surface area contributed by atoms with Gasteiger partial charge in [-0.3, -0.25) is 0 Å². The zero-order valence-electron chi connectivity index (χ0n) is 6.84. The number of hydrogen-bond donors (Lipinski definition) is 1. The summed E-state index contributed by atoms with van der Waals surface area (Å²) >= 11 is 0. The quantitative estimate of drug-likeness (QED) is 0.564. The molecular weight excluding hydrogens is 124 g/mol. The second-order valence-corrected chi connectivity index (χ2v) is 2.72. The fourth-order valence-electron chi connectivity index (χ4n) is 1.01. The van der Waals surface area contributed by atoms with Crippen molar-refractivity contribution in [1.82, 2.24) is 0 Å². The molecule has 0 heterocycles. The van der Waals surface area contributed by atoms with Gasteiger partial charge in [0.1, 0.15) is 0 Å². The molecule has 0 radical (unpaired) electrons. The Morgan fingerprint density at radius 1 is 1.60 bits per heavy atom. The number of unbranched alkanes of at least 4 members (excludes halogenated alkanes) is 1. The third kappa shape index (κ3) is 4.57. The fourth-order valence-corrected chi connectivity index (χ4v) is 1.01. The highest BCUT2D eigenvalue weighted by molar-refractivity contribution is 4.72. The molecule has 0 aliphatic heterocycles. The van der Waals surface area contributed by atoms with E-state index >= 15 is 0 Å². The van der Waals surface area contributed by atoms with E-state index in [1.165, 1.54) is 12.8 Å². The standard InChI is InChI=1S/C9H18O/c1-3-5-7-9(8-10)6-4-2/h4,9-10H,2-3,5-8H2,1H3/t9-/m0/s1. The van der Waals surface area contributed by atoms with Gasteiger partial charge >= 0.3 is 0 Å². The van der Waals surface area contributed by atoms with E-state index in [0.29, 0.717) is 12.5 Å². The van der Waals surface area contributed by atoms with Gasteiger partial charge in [-0.05, 0) is 18.8 Å². The maximum atomic E-state index is 8.84. The van der Waals surface area contributed by atoms with Crippen LogP contribution < -0.4 is 0 Å². The van der Waals surface area contributed by atoms with E-state index in [-0.39, 0.29) is 0 Å². The molecule has 0 aliphatic rings. The molecule has 0 saturated carbocycles. The van der Waals surface area contributed by atoms with Crippen LogP contribution in [0.1, 0.15) is 32.6 Å². The molecule has 0 saturated heterocycles. The normalized spacial score (nSPS) is 13.0. The lowest BCUT2D eigenvalue weighted by Gasteiger charge is -2.09. The van der Waals surface area contributed by atoms with Gasteiger partial charge < -0.3 is 5.11 Å². The van der Waals surface area contributed by atoms with E-state index in [1.807, 2.05) is 6.08 Å². The Hall–Kier alpha value is -0.300. The first-order chi connectivity index (χ1) is 4.85. The lowest BCUT2D eigenvalue weighted by molar-refractivity contribution is 0.217. The second-order valence-electron chi connectivity index (χ2n) is 2.72. The molecule has 10 heavy (non-hydrogen) atoms. The van der Waals surface area contributed by atoms with Gasteiger partial charge in [0.15, 0.2) is 0 Å². The topological polar surface area (TPSA) is 20.2 Å². The molecule has 1 N–H and O–H groups in total. The highest BCUT2D eigenvalue weighted by Crippen LogP contribution is 2.11. The van der Waals surface area contributed by atoms with Crippen molar-refractivity contribution >= 4 is 0 Å². The molecule has 0 aromatic heterocycles. The van der Waals surface area contributed by atoms with E-state index in [9.17, 15) is 0 Å².